The van der Waals surface area contributed by atoms with Crippen LogP contribution < -0.4 is 0 Å². The van der Waals surface area contributed by atoms with Crippen LogP contribution in [0.4, 0.5) is 0 Å². The van der Waals surface area contributed by atoms with Gasteiger partial charge in [-0.15, -0.1) is 0 Å². The van der Waals surface area contributed by atoms with Gasteiger partial charge in [0, 0.05) is 10.7 Å². The largest absolute Gasteiger partial charge is 0.233 e. The van der Waals surface area contributed by atoms with E-state index in [1.54, 1.807) is 0 Å². The molecular formula is C15H13BrN2. The van der Waals surface area contributed by atoms with Crippen LogP contribution in [0.25, 0.3) is 16.6 Å². The molecule has 0 saturated heterocycles. The van der Waals surface area contributed by atoms with Crippen molar-refractivity contribution >= 4 is 26.8 Å². The van der Waals surface area contributed by atoms with Gasteiger partial charge in [-0.2, -0.15) is 5.10 Å². The van der Waals surface area contributed by atoms with Gasteiger partial charge in [-0.25, -0.2) is 4.68 Å². The number of halogens is 1. The van der Waals surface area contributed by atoms with E-state index in [0.717, 1.165) is 16.5 Å². The van der Waals surface area contributed by atoms with E-state index in [1.165, 1.54) is 16.5 Å². The van der Waals surface area contributed by atoms with Crippen molar-refractivity contribution in [1.82, 2.24) is 9.78 Å². The summed E-state index contributed by atoms with van der Waals surface area (Å²) < 4.78 is 2.01. The first-order valence-corrected chi connectivity index (χ1v) is 7.00. The zero-order valence-corrected chi connectivity index (χ0v) is 11.7. The molecule has 0 aliphatic heterocycles. The Morgan fingerprint density at radius 3 is 2.83 bits per heavy atom. The fourth-order valence-electron chi connectivity index (χ4n) is 2.19. The van der Waals surface area contributed by atoms with E-state index in [2.05, 4.69) is 58.3 Å². The maximum atomic E-state index is 4.50. The molecule has 3 rings (SSSR count). The smallest absolute Gasteiger partial charge is 0.0741 e. The second-order valence-electron chi connectivity index (χ2n) is 4.38. The monoisotopic (exact) mass is 300 g/mol. The van der Waals surface area contributed by atoms with Crippen molar-refractivity contribution < 1.29 is 0 Å². The van der Waals surface area contributed by atoms with Crippen molar-refractivity contribution in [2.75, 3.05) is 0 Å². The minimum Gasteiger partial charge on any atom is -0.233 e. The van der Waals surface area contributed by atoms with Crippen LogP contribution in [0.2, 0.25) is 0 Å². The van der Waals surface area contributed by atoms with Gasteiger partial charge in [0.15, 0.2) is 0 Å². The molecule has 0 bridgehead atoms. The average Bonchev–Trinajstić information content (AvgIpc) is 2.82. The van der Waals surface area contributed by atoms with Gasteiger partial charge < -0.3 is 0 Å². The van der Waals surface area contributed by atoms with Crippen LogP contribution in [-0.2, 0) is 5.33 Å². The topological polar surface area (TPSA) is 17.8 Å². The van der Waals surface area contributed by atoms with Gasteiger partial charge in [-0.05, 0) is 24.6 Å². The first-order chi connectivity index (χ1) is 8.79. The summed E-state index contributed by atoms with van der Waals surface area (Å²) in [5.41, 5.74) is 4.80. The van der Waals surface area contributed by atoms with E-state index in [9.17, 15) is 0 Å². The van der Waals surface area contributed by atoms with Gasteiger partial charge in [0.1, 0.15) is 0 Å². The van der Waals surface area contributed by atoms with E-state index in [-0.39, 0.29) is 0 Å². The normalized spacial score (nSPS) is 11.0. The summed E-state index contributed by atoms with van der Waals surface area (Å²) >= 11 is 3.55. The van der Waals surface area contributed by atoms with Crippen LogP contribution in [0.3, 0.4) is 0 Å². The van der Waals surface area contributed by atoms with Crippen LogP contribution in [-0.4, -0.2) is 9.78 Å². The van der Waals surface area contributed by atoms with Crippen molar-refractivity contribution in [3.63, 3.8) is 0 Å². The Bertz CT molecular complexity index is 701. The molecule has 0 aliphatic rings. The molecule has 2 aromatic carbocycles. The highest BCUT2D eigenvalue weighted by atomic mass is 79.9. The summed E-state index contributed by atoms with van der Waals surface area (Å²) in [5, 5.41) is 6.50. The third kappa shape index (κ3) is 1.85. The molecule has 0 N–H and O–H groups in total. The van der Waals surface area contributed by atoms with Crippen LogP contribution >= 0.6 is 15.9 Å². The molecule has 0 amide bonds. The minimum absolute atomic E-state index is 0.832. The molecule has 0 fully saturated rings. The van der Waals surface area contributed by atoms with Gasteiger partial charge >= 0.3 is 0 Å². The summed E-state index contributed by atoms with van der Waals surface area (Å²) in [7, 11) is 0. The fraction of sp³-hybridized carbons (Fsp3) is 0.133. The van der Waals surface area contributed by atoms with Crippen molar-refractivity contribution in [2.24, 2.45) is 0 Å². The summed E-state index contributed by atoms with van der Waals surface area (Å²) in [6.07, 6.45) is 1.91. The Hall–Kier alpha value is -1.61. The van der Waals surface area contributed by atoms with Gasteiger partial charge in [0.05, 0.1) is 17.4 Å². The molecule has 0 spiro atoms. The first-order valence-electron chi connectivity index (χ1n) is 5.88. The number of hydrogen-bond donors (Lipinski definition) is 0. The predicted molar refractivity (Wildman–Crippen MR) is 78.4 cm³/mol. The molecule has 1 heterocycles. The van der Waals surface area contributed by atoms with E-state index in [1.807, 2.05) is 23.0 Å². The van der Waals surface area contributed by atoms with Crippen molar-refractivity contribution in [3.8, 4) is 5.69 Å². The number of aromatic nitrogens is 2. The molecule has 0 saturated carbocycles. The van der Waals surface area contributed by atoms with Crippen LogP contribution in [0.1, 0.15) is 11.1 Å². The van der Waals surface area contributed by atoms with E-state index in [0.29, 0.717) is 0 Å². The number of hydrogen-bond acceptors (Lipinski definition) is 1. The van der Waals surface area contributed by atoms with Gasteiger partial charge in [0.2, 0.25) is 0 Å². The van der Waals surface area contributed by atoms with Crippen molar-refractivity contribution in [2.45, 2.75) is 12.3 Å². The summed E-state index contributed by atoms with van der Waals surface area (Å²) in [4.78, 5) is 0. The number of aryl methyl sites for hydroxylation is 1. The number of nitrogens with zero attached hydrogens (tertiary/aromatic N) is 2. The second kappa shape index (κ2) is 4.58. The van der Waals surface area contributed by atoms with Crippen LogP contribution in [0.5, 0.6) is 0 Å². The molecular weight excluding hydrogens is 288 g/mol. The Kier molecular flexibility index (Phi) is 2.92. The van der Waals surface area contributed by atoms with Gasteiger partial charge in [0.25, 0.3) is 0 Å². The quantitative estimate of drug-likeness (QED) is 0.648. The summed E-state index contributed by atoms with van der Waals surface area (Å²) in [5.74, 6) is 0. The molecule has 0 atom stereocenters. The number of rotatable bonds is 2. The SMILES string of the molecule is Cc1ccc(-n2ncc3ccccc32)c(CBr)c1. The molecule has 18 heavy (non-hydrogen) atoms. The highest BCUT2D eigenvalue weighted by molar-refractivity contribution is 9.08. The van der Waals surface area contributed by atoms with E-state index < -0.39 is 0 Å². The van der Waals surface area contributed by atoms with Crippen molar-refractivity contribution in [3.05, 3.63) is 59.8 Å². The molecule has 1 aromatic heterocycles. The maximum Gasteiger partial charge on any atom is 0.0741 e. The molecule has 0 aliphatic carbocycles. The first kappa shape index (κ1) is 11.5. The molecule has 3 aromatic rings. The number of fused-ring (bicyclic) bond motifs is 1. The standard InChI is InChI=1S/C15H13BrN2/c1-11-6-7-15(13(8-11)9-16)18-14-5-3-2-4-12(14)10-17-18/h2-8,10H,9H2,1H3. The lowest BCUT2D eigenvalue weighted by molar-refractivity contribution is 0.900. The highest BCUT2D eigenvalue weighted by Gasteiger charge is 2.08. The Morgan fingerprint density at radius 1 is 1.17 bits per heavy atom. The zero-order valence-electron chi connectivity index (χ0n) is 10.1. The lowest BCUT2D eigenvalue weighted by Crippen LogP contribution is -2.00. The Morgan fingerprint density at radius 2 is 2.00 bits per heavy atom. The van der Waals surface area contributed by atoms with Crippen LogP contribution in [0, 0.1) is 6.92 Å². The van der Waals surface area contributed by atoms with Gasteiger partial charge in [-0.1, -0.05) is 51.8 Å². The Labute approximate surface area is 114 Å². The third-order valence-electron chi connectivity index (χ3n) is 3.08. The van der Waals surface area contributed by atoms with Crippen LogP contribution in [0.15, 0.2) is 48.7 Å². The second-order valence-corrected chi connectivity index (χ2v) is 4.94. The summed E-state index contributed by atoms with van der Waals surface area (Å²) in [6.45, 7) is 2.11. The fourth-order valence-corrected chi connectivity index (χ4v) is 2.64. The van der Waals surface area contributed by atoms with E-state index in [4.69, 9.17) is 0 Å². The number of para-hydroxylation sites is 1. The summed E-state index contributed by atoms with van der Waals surface area (Å²) in [6, 6.07) is 14.7. The number of alkyl halides is 1. The average molecular weight is 301 g/mol. The maximum absolute atomic E-state index is 4.50. The minimum atomic E-state index is 0.832. The van der Waals surface area contributed by atoms with Gasteiger partial charge in [-0.3, -0.25) is 0 Å². The predicted octanol–water partition coefficient (Wildman–Crippen LogP) is 4.23. The van der Waals surface area contributed by atoms with E-state index >= 15 is 0 Å². The Balaban J connectivity index is 2.26. The molecule has 0 unspecified atom stereocenters. The lowest BCUT2D eigenvalue weighted by atomic mass is 10.1. The highest BCUT2D eigenvalue weighted by Crippen LogP contribution is 2.23. The molecule has 3 heteroatoms. The molecule has 2 nitrogen and oxygen atoms in total. The third-order valence-corrected chi connectivity index (χ3v) is 3.69. The molecule has 90 valence electrons. The zero-order chi connectivity index (χ0) is 12.5. The molecule has 0 radical (unpaired) electrons. The number of benzene rings is 2. The van der Waals surface area contributed by atoms with Crippen molar-refractivity contribution in [1.29, 1.82) is 0 Å². The lowest BCUT2D eigenvalue weighted by Gasteiger charge is -2.09.